The molecule has 2 heterocycles. The lowest BCUT2D eigenvalue weighted by Crippen LogP contribution is -2.44. The molecule has 6 aromatic carbocycles. The van der Waals surface area contributed by atoms with Gasteiger partial charge in [0.1, 0.15) is 0 Å². The Hall–Kier alpha value is -5.08. The van der Waals surface area contributed by atoms with E-state index in [9.17, 15) is 0 Å². The zero-order valence-electron chi connectivity index (χ0n) is 31.9. The van der Waals surface area contributed by atoms with Crippen LogP contribution in [0.15, 0.2) is 115 Å². The number of para-hydroxylation sites is 2. The molecule has 1 fully saturated rings. The van der Waals surface area contributed by atoms with Crippen LogP contribution in [0.25, 0.3) is 34.1 Å². The molecule has 2 nitrogen and oxygen atoms in total. The molecule has 1 atom stereocenters. The van der Waals surface area contributed by atoms with Crippen LogP contribution in [0.4, 0.5) is 22.7 Å². The third kappa shape index (κ3) is 5.20. The summed E-state index contributed by atoms with van der Waals surface area (Å²) in [4.78, 5) is 5.19. The second-order valence-electron chi connectivity index (χ2n) is 17.4. The van der Waals surface area contributed by atoms with Gasteiger partial charge in [0, 0.05) is 45.1 Å². The maximum Gasteiger partial charge on any atom is 0.0493 e. The standard InChI is InChI=1S/C51H50N2/c1-33-20-21-36-12-6-8-17-47(36)52(33)49-19-11-15-40-34(14-10-16-42(40)49)24-25-38-30-45-44(32-43(38)35-22-23-35)41-27-26-39(31-46(41)51(45,4)5)53-48-18-9-7-13-37(48)28-29-50(53,2)3/h6-19,24-27,30-33,35H,20-23,28-29H2,1-5H3. The summed E-state index contributed by atoms with van der Waals surface area (Å²) < 4.78 is 0. The molecule has 4 aliphatic rings. The molecule has 264 valence electrons. The number of fused-ring (bicyclic) bond motifs is 6. The third-order valence-electron chi connectivity index (χ3n) is 13.1. The van der Waals surface area contributed by atoms with Gasteiger partial charge in [-0.25, -0.2) is 0 Å². The predicted octanol–water partition coefficient (Wildman–Crippen LogP) is 13.5. The molecule has 1 unspecified atom stereocenters. The van der Waals surface area contributed by atoms with Crippen LogP contribution in [0.1, 0.15) is 105 Å². The molecule has 10 rings (SSSR count). The lowest BCUT2D eigenvalue weighted by Gasteiger charge is -2.45. The van der Waals surface area contributed by atoms with Crippen molar-refractivity contribution in [2.75, 3.05) is 9.80 Å². The Morgan fingerprint density at radius 1 is 0.585 bits per heavy atom. The predicted molar refractivity (Wildman–Crippen MR) is 226 cm³/mol. The number of hydrogen-bond acceptors (Lipinski definition) is 2. The minimum absolute atomic E-state index is 0.0498. The van der Waals surface area contributed by atoms with E-state index in [0.717, 1.165) is 19.3 Å². The summed E-state index contributed by atoms with van der Waals surface area (Å²) in [6.07, 6.45) is 12.0. The molecular formula is C51H50N2. The molecule has 1 saturated carbocycles. The first-order chi connectivity index (χ1) is 25.7. The Kier molecular flexibility index (Phi) is 7.35. The van der Waals surface area contributed by atoms with E-state index >= 15 is 0 Å². The molecule has 0 amide bonds. The monoisotopic (exact) mass is 690 g/mol. The smallest absolute Gasteiger partial charge is 0.0493 e. The lowest BCUT2D eigenvalue weighted by atomic mass is 9.80. The number of anilines is 4. The Morgan fingerprint density at radius 3 is 2.08 bits per heavy atom. The van der Waals surface area contributed by atoms with Gasteiger partial charge in [0.15, 0.2) is 0 Å². The molecule has 53 heavy (non-hydrogen) atoms. The van der Waals surface area contributed by atoms with E-state index in [2.05, 4.69) is 172 Å². The number of aryl methyl sites for hydroxylation is 2. The van der Waals surface area contributed by atoms with E-state index in [4.69, 9.17) is 0 Å². The van der Waals surface area contributed by atoms with Gasteiger partial charge in [0.05, 0.1) is 0 Å². The molecule has 0 N–H and O–H groups in total. The fraction of sp³-hybridized carbons (Fsp3) is 0.294. The minimum Gasteiger partial charge on any atom is -0.338 e. The molecule has 0 spiro atoms. The molecule has 0 aromatic heterocycles. The van der Waals surface area contributed by atoms with Crippen LogP contribution in [0, 0.1) is 0 Å². The average molecular weight is 691 g/mol. The first kappa shape index (κ1) is 32.6. The molecule has 2 aliphatic heterocycles. The van der Waals surface area contributed by atoms with E-state index < -0.39 is 0 Å². The Morgan fingerprint density at radius 2 is 1.26 bits per heavy atom. The van der Waals surface area contributed by atoms with Crippen molar-refractivity contribution in [3.63, 3.8) is 0 Å². The fourth-order valence-corrected chi connectivity index (χ4v) is 10.0. The van der Waals surface area contributed by atoms with E-state index in [1.54, 1.807) is 0 Å². The molecule has 2 aliphatic carbocycles. The normalized spacial score (nSPS) is 19.6. The van der Waals surface area contributed by atoms with E-state index in [1.807, 2.05) is 0 Å². The summed E-state index contributed by atoms with van der Waals surface area (Å²) >= 11 is 0. The minimum atomic E-state index is -0.0967. The second kappa shape index (κ2) is 12.0. The topological polar surface area (TPSA) is 6.48 Å². The number of hydrogen-bond donors (Lipinski definition) is 0. The van der Waals surface area contributed by atoms with Gasteiger partial charge in [-0.05, 0) is 163 Å². The second-order valence-corrected chi connectivity index (χ2v) is 17.4. The van der Waals surface area contributed by atoms with Crippen molar-refractivity contribution in [3.05, 3.63) is 154 Å². The zero-order valence-corrected chi connectivity index (χ0v) is 31.9. The summed E-state index contributed by atoms with van der Waals surface area (Å²) in [6, 6.07) is 44.6. The van der Waals surface area contributed by atoms with Crippen LogP contribution in [-0.2, 0) is 18.3 Å². The Bertz CT molecular complexity index is 2460. The SMILES string of the molecule is CC1CCc2ccccc2N1c1cccc2c(C=Cc3cc4c(cc3C3CC3)-c3ccc(N5c6ccccc6CCC5(C)C)cc3C4(C)C)cccc12. The van der Waals surface area contributed by atoms with Gasteiger partial charge in [0.2, 0.25) is 0 Å². The van der Waals surface area contributed by atoms with E-state index in [-0.39, 0.29) is 11.0 Å². The van der Waals surface area contributed by atoms with Crippen molar-refractivity contribution in [3.8, 4) is 11.1 Å². The quantitative estimate of drug-likeness (QED) is 0.166. The van der Waals surface area contributed by atoms with Gasteiger partial charge < -0.3 is 9.80 Å². The van der Waals surface area contributed by atoms with Crippen LogP contribution in [0.3, 0.4) is 0 Å². The zero-order chi connectivity index (χ0) is 36.1. The fourth-order valence-electron chi connectivity index (χ4n) is 10.0. The molecule has 6 aromatic rings. The number of nitrogens with zero attached hydrogens (tertiary/aromatic N) is 2. The van der Waals surface area contributed by atoms with Gasteiger partial charge in [0.25, 0.3) is 0 Å². The molecule has 0 saturated heterocycles. The molecule has 0 bridgehead atoms. The van der Waals surface area contributed by atoms with Crippen molar-refractivity contribution in [1.82, 2.24) is 0 Å². The van der Waals surface area contributed by atoms with Crippen molar-refractivity contribution < 1.29 is 0 Å². The van der Waals surface area contributed by atoms with Gasteiger partial charge >= 0.3 is 0 Å². The highest BCUT2D eigenvalue weighted by Gasteiger charge is 2.40. The van der Waals surface area contributed by atoms with E-state index in [0.29, 0.717) is 12.0 Å². The van der Waals surface area contributed by atoms with Crippen molar-refractivity contribution in [2.24, 2.45) is 0 Å². The maximum absolute atomic E-state index is 2.61. The summed E-state index contributed by atoms with van der Waals surface area (Å²) in [5.74, 6) is 0.650. The average Bonchev–Trinajstić information content (AvgIpc) is 3.99. The van der Waals surface area contributed by atoms with Crippen LogP contribution in [-0.4, -0.2) is 11.6 Å². The highest BCUT2D eigenvalue weighted by molar-refractivity contribution is 6.02. The summed E-state index contributed by atoms with van der Waals surface area (Å²) in [7, 11) is 0. The van der Waals surface area contributed by atoms with Crippen LogP contribution < -0.4 is 9.80 Å². The van der Waals surface area contributed by atoms with Gasteiger partial charge in [-0.3, -0.25) is 0 Å². The highest BCUT2D eigenvalue weighted by atomic mass is 15.2. The van der Waals surface area contributed by atoms with Crippen molar-refractivity contribution in [1.29, 1.82) is 0 Å². The lowest BCUT2D eigenvalue weighted by molar-refractivity contribution is 0.447. The van der Waals surface area contributed by atoms with E-state index in [1.165, 1.54) is 103 Å². The Balaban J connectivity index is 1.04. The summed E-state index contributed by atoms with van der Waals surface area (Å²) in [6.45, 7) is 12.1. The van der Waals surface area contributed by atoms with Crippen LogP contribution >= 0.6 is 0 Å². The van der Waals surface area contributed by atoms with Crippen molar-refractivity contribution >= 4 is 45.7 Å². The Labute approximate surface area is 315 Å². The largest absolute Gasteiger partial charge is 0.338 e. The molecule has 0 radical (unpaired) electrons. The third-order valence-corrected chi connectivity index (χ3v) is 13.1. The van der Waals surface area contributed by atoms with Gasteiger partial charge in [-0.1, -0.05) is 98.8 Å². The van der Waals surface area contributed by atoms with Crippen LogP contribution in [0.2, 0.25) is 0 Å². The highest BCUT2D eigenvalue weighted by Crippen LogP contribution is 2.54. The number of rotatable bonds is 5. The van der Waals surface area contributed by atoms with Crippen molar-refractivity contribution in [2.45, 2.75) is 96.1 Å². The summed E-state index contributed by atoms with van der Waals surface area (Å²) in [5, 5.41) is 2.63. The summed E-state index contributed by atoms with van der Waals surface area (Å²) in [5.41, 5.74) is 18.1. The first-order valence-electron chi connectivity index (χ1n) is 20.0. The first-order valence-corrected chi connectivity index (χ1v) is 20.0. The molecule has 2 heteroatoms. The maximum atomic E-state index is 2.61. The molecular weight excluding hydrogens is 641 g/mol. The van der Waals surface area contributed by atoms with Crippen LogP contribution in [0.5, 0.6) is 0 Å². The van der Waals surface area contributed by atoms with Gasteiger partial charge in [-0.15, -0.1) is 0 Å². The number of benzene rings is 6. The van der Waals surface area contributed by atoms with Gasteiger partial charge in [-0.2, -0.15) is 0 Å².